The van der Waals surface area contributed by atoms with Gasteiger partial charge in [0.1, 0.15) is 18.2 Å². The molecule has 3 aromatic heterocycles. The Morgan fingerprint density at radius 3 is 2.72 bits per heavy atom. The lowest BCUT2D eigenvalue weighted by Crippen LogP contribution is -2.02. The molecule has 0 aliphatic rings. The fourth-order valence-electron chi connectivity index (χ4n) is 2.29. The molecule has 0 aliphatic heterocycles. The van der Waals surface area contributed by atoms with Crippen LogP contribution in [-0.2, 0) is 19.4 Å². The Balaban J connectivity index is 1.34. The highest BCUT2D eigenvalue weighted by Gasteiger charge is 2.06. The van der Waals surface area contributed by atoms with Crippen LogP contribution in [0.25, 0.3) is 5.78 Å². The molecule has 7 nitrogen and oxygen atoms in total. The van der Waals surface area contributed by atoms with Crippen LogP contribution in [0, 0.1) is 0 Å². The molecule has 8 heteroatoms. The van der Waals surface area contributed by atoms with Crippen molar-refractivity contribution in [3.63, 3.8) is 0 Å². The molecular formula is C17H16N6OS. The molecule has 0 atom stereocenters. The third-order valence-electron chi connectivity index (χ3n) is 3.68. The molecule has 0 saturated heterocycles. The Morgan fingerprint density at radius 2 is 1.96 bits per heavy atom. The van der Waals surface area contributed by atoms with E-state index in [2.05, 4.69) is 32.2 Å². The minimum absolute atomic E-state index is 0.454. The van der Waals surface area contributed by atoms with Gasteiger partial charge in [-0.1, -0.05) is 23.9 Å². The molecule has 0 bridgehead atoms. The number of nitrogens with zero attached hydrogens (tertiary/aromatic N) is 6. The van der Waals surface area contributed by atoms with E-state index in [-0.39, 0.29) is 0 Å². The molecule has 4 aromatic rings. The number of aryl methyl sites for hydroxylation is 1. The summed E-state index contributed by atoms with van der Waals surface area (Å²) in [7, 11) is 1.95. The molecular weight excluding hydrogens is 336 g/mol. The van der Waals surface area contributed by atoms with Crippen LogP contribution in [0.4, 0.5) is 0 Å². The fourth-order valence-corrected chi connectivity index (χ4v) is 3.07. The smallest absolute Gasteiger partial charge is 0.253 e. The quantitative estimate of drug-likeness (QED) is 0.497. The zero-order valence-corrected chi connectivity index (χ0v) is 14.4. The van der Waals surface area contributed by atoms with E-state index in [1.54, 1.807) is 28.7 Å². The maximum atomic E-state index is 5.76. The average Bonchev–Trinajstić information content (AvgIpc) is 3.24. The summed E-state index contributed by atoms with van der Waals surface area (Å²) < 4.78 is 9.39. The lowest BCUT2D eigenvalue weighted by atomic mass is 10.2. The van der Waals surface area contributed by atoms with Crippen molar-refractivity contribution in [2.75, 3.05) is 0 Å². The van der Waals surface area contributed by atoms with Crippen LogP contribution in [0.3, 0.4) is 0 Å². The van der Waals surface area contributed by atoms with Gasteiger partial charge in [-0.3, -0.25) is 0 Å². The average molecular weight is 352 g/mol. The number of rotatable bonds is 6. The van der Waals surface area contributed by atoms with Crippen molar-refractivity contribution in [1.29, 1.82) is 0 Å². The van der Waals surface area contributed by atoms with Gasteiger partial charge in [0, 0.05) is 37.6 Å². The molecule has 25 heavy (non-hydrogen) atoms. The van der Waals surface area contributed by atoms with Crippen LogP contribution in [0.2, 0.25) is 0 Å². The molecule has 0 spiro atoms. The predicted octanol–water partition coefficient (Wildman–Crippen LogP) is 2.73. The van der Waals surface area contributed by atoms with Crippen LogP contribution in [0.5, 0.6) is 5.75 Å². The van der Waals surface area contributed by atoms with Crippen molar-refractivity contribution in [1.82, 2.24) is 29.1 Å². The van der Waals surface area contributed by atoms with E-state index in [0.29, 0.717) is 17.5 Å². The minimum atomic E-state index is 0.454. The van der Waals surface area contributed by atoms with Crippen LogP contribution in [0.15, 0.2) is 60.3 Å². The summed E-state index contributed by atoms with van der Waals surface area (Å²) in [5.74, 6) is 3.12. The van der Waals surface area contributed by atoms with E-state index in [0.717, 1.165) is 17.3 Å². The molecule has 1 aromatic carbocycles. The van der Waals surface area contributed by atoms with Gasteiger partial charge in [-0.2, -0.15) is 4.98 Å². The number of hydrogen-bond donors (Lipinski definition) is 0. The zero-order chi connectivity index (χ0) is 17.1. The number of thioether (sulfide) groups is 1. The van der Waals surface area contributed by atoms with Gasteiger partial charge >= 0.3 is 0 Å². The molecule has 4 rings (SSSR count). The van der Waals surface area contributed by atoms with E-state index in [1.165, 1.54) is 5.56 Å². The third-order valence-corrected chi connectivity index (χ3v) is 4.59. The maximum absolute atomic E-state index is 5.76. The third kappa shape index (κ3) is 3.63. The second-order valence-electron chi connectivity index (χ2n) is 5.43. The zero-order valence-electron chi connectivity index (χ0n) is 13.6. The second kappa shape index (κ2) is 6.94. The topological polar surface area (TPSA) is 70.1 Å². The lowest BCUT2D eigenvalue weighted by molar-refractivity contribution is 0.292. The summed E-state index contributed by atoms with van der Waals surface area (Å²) in [6.07, 6.45) is 7.22. The van der Waals surface area contributed by atoms with E-state index in [9.17, 15) is 0 Å². The largest absolute Gasteiger partial charge is 0.486 e. The predicted molar refractivity (Wildman–Crippen MR) is 94.3 cm³/mol. The fraction of sp³-hybridized carbons (Fsp3) is 0.176. The Morgan fingerprint density at radius 1 is 1.08 bits per heavy atom. The lowest BCUT2D eigenvalue weighted by Gasteiger charge is -2.07. The standard InChI is InChI=1S/C17H16N6OS/c1-22-10-8-18-15(22)11-24-14-5-3-13(4-6-14)12-25-17-20-16-19-7-2-9-23(16)21-17/h2-10H,11-12H2,1H3. The molecule has 0 unspecified atom stereocenters. The van der Waals surface area contributed by atoms with Gasteiger partial charge in [0.05, 0.1) is 0 Å². The number of ether oxygens (including phenoxy) is 1. The van der Waals surface area contributed by atoms with Crippen LogP contribution in [-0.4, -0.2) is 29.1 Å². The Labute approximate surface area is 148 Å². The maximum Gasteiger partial charge on any atom is 0.253 e. The molecule has 0 saturated carbocycles. The Kier molecular flexibility index (Phi) is 4.34. The summed E-state index contributed by atoms with van der Waals surface area (Å²) >= 11 is 1.58. The summed E-state index contributed by atoms with van der Waals surface area (Å²) in [5, 5.41) is 5.10. The normalized spacial score (nSPS) is 11.1. The van der Waals surface area contributed by atoms with Crippen molar-refractivity contribution >= 4 is 17.5 Å². The molecule has 0 N–H and O–H groups in total. The number of hydrogen-bond acceptors (Lipinski definition) is 6. The van der Waals surface area contributed by atoms with Crippen LogP contribution >= 0.6 is 11.8 Å². The van der Waals surface area contributed by atoms with Gasteiger partial charge in [0.2, 0.25) is 5.16 Å². The van der Waals surface area contributed by atoms with E-state index in [1.807, 2.05) is 42.2 Å². The van der Waals surface area contributed by atoms with Crippen molar-refractivity contribution in [3.05, 3.63) is 66.5 Å². The van der Waals surface area contributed by atoms with E-state index < -0.39 is 0 Å². The van der Waals surface area contributed by atoms with Gasteiger partial charge in [-0.15, -0.1) is 5.10 Å². The summed E-state index contributed by atoms with van der Waals surface area (Å²) in [4.78, 5) is 12.8. The van der Waals surface area contributed by atoms with Crippen molar-refractivity contribution in [2.45, 2.75) is 17.5 Å². The minimum Gasteiger partial charge on any atom is -0.486 e. The molecule has 0 fully saturated rings. The molecule has 0 amide bonds. The molecule has 126 valence electrons. The number of aromatic nitrogens is 6. The monoisotopic (exact) mass is 352 g/mol. The second-order valence-corrected chi connectivity index (χ2v) is 6.38. The molecule has 0 aliphatic carbocycles. The van der Waals surface area contributed by atoms with Crippen LogP contribution < -0.4 is 4.74 Å². The van der Waals surface area contributed by atoms with Crippen molar-refractivity contribution in [3.8, 4) is 5.75 Å². The highest BCUT2D eigenvalue weighted by Crippen LogP contribution is 2.21. The first kappa shape index (κ1) is 15.6. The number of fused-ring (bicyclic) bond motifs is 1. The SMILES string of the molecule is Cn1ccnc1COc1ccc(CSc2nc3ncccn3n2)cc1. The highest BCUT2D eigenvalue weighted by molar-refractivity contribution is 7.98. The number of imidazole rings is 1. The van der Waals surface area contributed by atoms with Gasteiger partial charge in [0.25, 0.3) is 5.78 Å². The van der Waals surface area contributed by atoms with Crippen LogP contribution in [0.1, 0.15) is 11.4 Å². The first-order valence-corrected chi connectivity index (χ1v) is 8.74. The van der Waals surface area contributed by atoms with E-state index in [4.69, 9.17) is 4.74 Å². The summed E-state index contributed by atoms with van der Waals surface area (Å²) in [6, 6.07) is 9.87. The van der Waals surface area contributed by atoms with Crippen molar-refractivity contribution in [2.24, 2.45) is 7.05 Å². The first-order valence-electron chi connectivity index (χ1n) is 7.76. The van der Waals surface area contributed by atoms with Crippen molar-refractivity contribution < 1.29 is 4.74 Å². The van der Waals surface area contributed by atoms with Gasteiger partial charge in [-0.25, -0.2) is 14.5 Å². The molecule has 3 heterocycles. The van der Waals surface area contributed by atoms with Gasteiger partial charge in [-0.05, 0) is 23.8 Å². The summed E-state index contributed by atoms with van der Waals surface area (Å²) in [5.41, 5.74) is 1.18. The Bertz CT molecular complexity index is 945. The Hall–Kier alpha value is -2.87. The first-order chi connectivity index (χ1) is 12.3. The summed E-state index contributed by atoms with van der Waals surface area (Å²) in [6.45, 7) is 0.454. The van der Waals surface area contributed by atoms with Gasteiger partial charge < -0.3 is 9.30 Å². The van der Waals surface area contributed by atoms with E-state index >= 15 is 0 Å². The highest BCUT2D eigenvalue weighted by atomic mass is 32.2. The van der Waals surface area contributed by atoms with Gasteiger partial charge in [0.15, 0.2) is 0 Å². The number of benzene rings is 1. The molecule has 0 radical (unpaired) electrons.